The summed E-state index contributed by atoms with van der Waals surface area (Å²) in [5, 5.41) is 13.9. The molecule has 0 unspecified atom stereocenters. The number of non-ortho nitro benzene ring substituents is 1. The number of nitro benzene ring substituents is 1. The van der Waals surface area contributed by atoms with Crippen LogP contribution in [0.1, 0.15) is 11.1 Å². The second kappa shape index (κ2) is 9.38. The molecule has 0 atom stereocenters. The standard InChI is InChI=1S/C23H20N2O5/c1-29-21-12-11-18(15-22(21)30-2)24-23(26)20(17-8-4-3-5-9-17)14-16-7-6-10-19(13-16)25(27)28/h3-15H,1-2H3,(H,24,26)/b20-14+. The van der Waals surface area contributed by atoms with E-state index in [4.69, 9.17) is 9.47 Å². The molecule has 0 fully saturated rings. The van der Waals surface area contributed by atoms with Crippen molar-refractivity contribution in [2.75, 3.05) is 19.5 Å². The molecule has 7 nitrogen and oxygen atoms in total. The number of amides is 1. The van der Waals surface area contributed by atoms with Crippen molar-refractivity contribution in [1.82, 2.24) is 0 Å². The maximum Gasteiger partial charge on any atom is 0.270 e. The number of anilines is 1. The third-order valence-electron chi connectivity index (χ3n) is 4.36. The van der Waals surface area contributed by atoms with E-state index in [1.54, 1.807) is 48.5 Å². The minimum atomic E-state index is -0.469. The molecular weight excluding hydrogens is 384 g/mol. The maximum atomic E-state index is 13.1. The van der Waals surface area contributed by atoms with E-state index < -0.39 is 4.92 Å². The van der Waals surface area contributed by atoms with E-state index >= 15 is 0 Å². The second-order valence-electron chi connectivity index (χ2n) is 6.30. The third-order valence-corrected chi connectivity index (χ3v) is 4.36. The van der Waals surface area contributed by atoms with Crippen molar-refractivity contribution in [3.63, 3.8) is 0 Å². The van der Waals surface area contributed by atoms with Gasteiger partial charge in [0.25, 0.3) is 11.6 Å². The SMILES string of the molecule is COc1ccc(NC(=O)/C(=C/c2cccc([N+](=O)[O-])c2)c2ccccc2)cc1OC. The maximum absolute atomic E-state index is 13.1. The van der Waals surface area contributed by atoms with E-state index in [1.165, 1.54) is 26.4 Å². The molecule has 1 N–H and O–H groups in total. The van der Waals surface area contributed by atoms with Gasteiger partial charge in [0.1, 0.15) is 0 Å². The van der Waals surface area contributed by atoms with Gasteiger partial charge in [-0.05, 0) is 29.3 Å². The number of hydrogen-bond donors (Lipinski definition) is 1. The number of nitro groups is 1. The molecule has 0 aliphatic heterocycles. The Morgan fingerprint density at radius 2 is 1.67 bits per heavy atom. The normalized spacial score (nSPS) is 10.9. The highest BCUT2D eigenvalue weighted by Crippen LogP contribution is 2.30. The molecule has 3 aromatic rings. The minimum absolute atomic E-state index is 0.0449. The zero-order chi connectivity index (χ0) is 21.5. The molecule has 30 heavy (non-hydrogen) atoms. The van der Waals surface area contributed by atoms with Crippen molar-refractivity contribution < 1.29 is 19.2 Å². The fourth-order valence-electron chi connectivity index (χ4n) is 2.90. The predicted octanol–water partition coefficient (Wildman–Crippen LogP) is 4.79. The van der Waals surface area contributed by atoms with Crippen LogP contribution in [0.25, 0.3) is 11.6 Å². The number of benzene rings is 3. The van der Waals surface area contributed by atoms with E-state index in [1.807, 2.05) is 18.2 Å². The van der Waals surface area contributed by atoms with Crippen LogP contribution in [0.4, 0.5) is 11.4 Å². The lowest BCUT2D eigenvalue weighted by molar-refractivity contribution is -0.384. The summed E-state index contributed by atoms with van der Waals surface area (Å²) >= 11 is 0. The van der Waals surface area contributed by atoms with Gasteiger partial charge in [0.05, 0.1) is 19.1 Å². The first kappa shape index (κ1) is 20.6. The molecule has 0 aromatic heterocycles. The molecule has 7 heteroatoms. The van der Waals surface area contributed by atoms with E-state index in [2.05, 4.69) is 5.32 Å². The molecule has 0 bridgehead atoms. The van der Waals surface area contributed by atoms with Gasteiger partial charge >= 0.3 is 0 Å². The average molecular weight is 404 g/mol. The zero-order valence-corrected chi connectivity index (χ0v) is 16.5. The van der Waals surface area contributed by atoms with Crippen molar-refractivity contribution in [2.45, 2.75) is 0 Å². The van der Waals surface area contributed by atoms with Crippen LogP contribution < -0.4 is 14.8 Å². The average Bonchev–Trinajstić information content (AvgIpc) is 2.78. The highest BCUT2D eigenvalue weighted by Gasteiger charge is 2.15. The predicted molar refractivity (Wildman–Crippen MR) is 116 cm³/mol. The molecule has 0 radical (unpaired) electrons. The van der Waals surface area contributed by atoms with Gasteiger partial charge in [-0.25, -0.2) is 0 Å². The number of ether oxygens (including phenoxy) is 2. The molecular formula is C23H20N2O5. The van der Waals surface area contributed by atoms with Gasteiger partial charge in [-0.2, -0.15) is 0 Å². The second-order valence-corrected chi connectivity index (χ2v) is 6.30. The smallest absolute Gasteiger partial charge is 0.270 e. The minimum Gasteiger partial charge on any atom is -0.493 e. The van der Waals surface area contributed by atoms with Gasteiger partial charge in [0, 0.05) is 29.5 Å². The largest absolute Gasteiger partial charge is 0.493 e. The first-order valence-electron chi connectivity index (χ1n) is 9.07. The van der Waals surface area contributed by atoms with E-state index in [9.17, 15) is 14.9 Å². The molecule has 3 rings (SSSR count). The van der Waals surface area contributed by atoms with Crippen molar-refractivity contribution >= 4 is 28.9 Å². The van der Waals surface area contributed by atoms with Crippen LogP contribution in [0.3, 0.4) is 0 Å². The lowest BCUT2D eigenvalue weighted by atomic mass is 10.0. The Morgan fingerprint density at radius 1 is 0.933 bits per heavy atom. The van der Waals surface area contributed by atoms with Crippen LogP contribution in [0.2, 0.25) is 0 Å². The number of carbonyl (C=O) groups excluding carboxylic acids is 1. The third kappa shape index (κ3) is 4.82. The highest BCUT2D eigenvalue weighted by atomic mass is 16.6. The molecule has 0 aliphatic rings. The summed E-state index contributed by atoms with van der Waals surface area (Å²) < 4.78 is 10.5. The number of hydrogen-bond acceptors (Lipinski definition) is 5. The van der Waals surface area contributed by atoms with Crippen molar-refractivity contribution in [3.05, 3.63) is 94.0 Å². The van der Waals surface area contributed by atoms with Gasteiger partial charge in [0.15, 0.2) is 11.5 Å². The molecule has 3 aromatic carbocycles. The Bertz CT molecular complexity index is 1090. The molecule has 0 saturated carbocycles. The summed E-state index contributed by atoms with van der Waals surface area (Å²) in [6.07, 6.45) is 1.62. The lowest BCUT2D eigenvalue weighted by Gasteiger charge is -2.12. The Balaban J connectivity index is 1.98. The Kier molecular flexibility index (Phi) is 6.44. The Labute approximate surface area is 173 Å². The monoisotopic (exact) mass is 404 g/mol. The van der Waals surface area contributed by atoms with Crippen LogP contribution in [-0.2, 0) is 4.79 Å². The van der Waals surface area contributed by atoms with E-state index in [-0.39, 0.29) is 11.6 Å². The van der Waals surface area contributed by atoms with Gasteiger partial charge in [-0.3, -0.25) is 14.9 Å². The Hall–Kier alpha value is -4.13. The molecule has 0 saturated heterocycles. The summed E-state index contributed by atoms with van der Waals surface area (Å²) in [7, 11) is 3.05. The van der Waals surface area contributed by atoms with Gasteiger partial charge in [0.2, 0.25) is 0 Å². The molecule has 152 valence electrons. The zero-order valence-electron chi connectivity index (χ0n) is 16.5. The fourth-order valence-corrected chi connectivity index (χ4v) is 2.90. The molecule has 1 amide bonds. The summed E-state index contributed by atoms with van der Waals surface area (Å²) in [5.74, 6) is 0.671. The number of rotatable bonds is 7. The summed E-state index contributed by atoms with van der Waals surface area (Å²) in [5.41, 5.74) is 2.08. The topological polar surface area (TPSA) is 90.7 Å². The Morgan fingerprint density at radius 3 is 2.33 bits per heavy atom. The molecule has 0 spiro atoms. The van der Waals surface area contributed by atoms with E-state index in [0.29, 0.717) is 33.9 Å². The van der Waals surface area contributed by atoms with Crippen LogP contribution in [-0.4, -0.2) is 25.1 Å². The van der Waals surface area contributed by atoms with Crippen LogP contribution in [0, 0.1) is 10.1 Å². The molecule has 0 aliphatic carbocycles. The number of nitrogens with one attached hydrogen (secondary N) is 1. The van der Waals surface area contributed by atoms with Crippen LogP contribution in [0.15, 0.2) is 72.8 Å². The fraction of sp³-hybridized carbons (Fsp3) is 0.0870. The summed E-state index contributed by atoms with van der Waals surface area (Å²) in [6, 6.07) is 20.3. The van der Waals surface area contributed by atoms with Gasteiger partial charge in [-0.1, -0.05) is 42.5 Å². The summed E-state index contributed by atoms with van der Waals surface area (Å²) in [6.45, 7) is 0. The lowest BCUT2D eigenvalue weighted by Crippen LogP contribution is -2.13. The quantitative estimate of drug-likeness (QED) is 0.265. The first-order valence-corrected chi connectivity index (χ1v) is 9.07. The van der Waals surface area contributed by atoms with Crippen molar-refractivity contribution in [2.24, 2.45) is 0 Å². The first-order chi connectivity index (χ1) is 14.5. The number of methoxy groups -OCH3 is 2. The van der Waals surface area contributed by atoms with Gasteiger partial charge in [-0.15, -0.1) is 0 Å². The van der Waals surface area contributed by atoms with Crippen molar-refractivity contribution in [3.8, 4) is 11.5 Å². The highest BCUT2D eigenvalue weighted by molar-refractivity contribution is 6.29. The van der Waals surface area contributed by atoms with Crippen LogP contribution >= 0.6 is 0 Å². The van der Waals surface area contributed by atoms with E-state index in [0.717, 1.165) is 0 Å². The summed E-state index contributed by atoms with van der Waals surface area (Å²) in [4.78, 5) is 23.7. The number of carbonyl (C=O) groups is 1. The van der Waals surface area contributed by atoms with Crippen LogP contribution in [0.5, 0.6) is 11.5 Å². The van der Waals surface area contributed by atoms with Crippen molar-refractivity contribution in [1.29, 1.82) is 0 Å². The molecule has 0 heterocycles. The number of nitrogens with zero attached hydrogens (tertiary/aromatic N) is 1. The van der Waals surface area contributed by atoms with Gasteiger partial charge < -0.3 is 14.8 Å².